The van der Waals surface area contributed by atoms with Gasteiger partial charge < -0.3 is 5.32 Å². The molecule has 0 aliphatic heterocycles. The van der Waals surface area contributed by atoms with Crippen LogP contribution in [0.3, 0.4) is 0 Å². The van der Waals surface area contributed by atoms with Crippen LogP contribution < -0.4 is 5.32 Å². The highest BCUT2D eigenvalue weighted by Gasteiger charge is 1.96. The molecule has 0 spiro atoms. The third kappa shape index (κ3) is 20.1. The van der Waals surface area contributed by atoms with Crippen LogP contribution in [0.15, 0.2) is 61.3 Å². The molecule has 0 atom stereocenters. The van der Waals surface area contributed by atoms with Gasteiger partial charge in [0, 0.05) is 13.0 Å². The second-order valence-electron chi connectivity index (χ2n) is 6.07. The highest BCUT2D eigenvalue weighted by atomic mass is 16.1. The highest BCUT2D eigenvalue weighted by molar-refractivity contribution is 5.75. The Balaban J connectivity index is 3.46. The van der Waals surface area contributed by atoms with Crippen LogP contribution in [0.1, 0.15) is 71.1 Å². The summed E-state index contributed by atoms with van der Waals surface area (Å²) in [5, 5.41) is 2.78. The van der Waals surface area contributed by atoms with Crippen LogP contribution in [-0.2, 0) is 4.79 Å². The van der Waals surface area contributed by atoms with Crippen LogP contribution in [0.5, 0.6) is 0 Å². The minimum atomic E-state index is 0.107. The molecule has 0 aliphatic carbocycles. The van der Waals surface area contributed by atoms with Crippen LogP contribution in [0.4, 0.5) is 0 Å². The number of nitrogens with one attached hydrogen (secondary N) is 1. The molecule has 140 valence electrons. The lowest BCUT2D eigenvalue weighted by molar-refractivity contribution is -0.120. The Hall–Kier alpha value is -1.83. The molecule has 0 aromatic rings. The molecule has 1 amide bonds. The summed E-state index contributed by atoms with van der Waals surface area (Å²) in [5.74, 6) is 0.107. The van der Waals surface area contributed by atoms with Crippen molar-refractivity contribution in [2.24, 2.45) is 0 Å². The Morgan fingerprint density at radius 1 is 0.800 bits per heavy atom. The molecule has 0 bridgehead atoms. The molecular formula is C23H37NO. The van der Waals surface area contributed by atoms with Gasteiger partial charge >= 0.3 is 0 Å². The van der Waals surface area contributed by atoms with Gasteiger partial charge in [0.25, 0.3) is 0 Å². The van der Waals surface area contributed by atoms with Crippen molar-refractivity contribution in [2.75, 3.05) is 6.54 Å². The zero-order chi connectivity index (χ0) is 18.4. The summed E-state index contributed by atoms with van der Waals surface area (Å²) >= 11 is 0. The fourth-order valence-corrected chi connectivity index (χ4v) is 2.22. The number of unbranched alkanes of at least 4 members (excludes halogenated alkanes) is 4. The van der Waals surface area contributed by atoms with E-state index in [1.54, 1.807) is 6.08 Å². The van der Waals surface area contributed by atoms with Gasteiger partial charge in [-0.3, -0.25) is 4.79 Å². The number of amides is 1. The molecule has 0 fully saturated rings. The SMILES string of the molecule is C=CCNC(=O)CCC/C=C/C/C=C/C/C=C/C/C=C/CCCCC. The van der Waals surface area contributed by atoms with Crippen LogP contribution >= 0.6 is 0 Å². The largest absolute Gasteiger partial charge is 0.353 e. The zero-order valence-electron chi connectivity index (χ0n) is 16.1. The number of allylic oxidation sites excluding steroid dienone is 8. The average Bonchev–Trinajstić information content (AvgIpc) is 2.62. The van der Waals surface area contributed by atoms with Crippen LogP contribution in [0.2, 0.25) is 0 Å². The molecule has 0 saturated carbocycles. The summed E-state index contributed by atoms with van der Waals surface area (Å²) in [6.45, 7) is 6.37. The third-order valence-electron chi connectivity index (χ3n) is 3.68. The minimum absolute atomic E-state index is 0.107. The quantitative estimate of drug-likeness (QED) is 0.254. The Labute approximate surface area is 155 Å². The van der Waals surface area contributed by atoms with E-state index in [1.165, 1.54) is 25.7 Å². The fraction of sp³-hybridized carbons (Fsp3) is 0.522. The molecule has 25 heavy (non-hydrogen) atoms. The monoisotopic (exact) mass is 343 g/mol. The molecule has 0 rings (SSSR count). The molecule has 0 aromatic carbocycles. The van der Waals surface area contributed by atoms with Crippen molar-refractivity contribution < 1.29 is 4.79 Å². The predicted octanol–water partition coefficient (Wildman–Crippen LogP) is 6.43. The Bertz CT molecular complexity index is 429. The van der Waals surface area contributed by atoms with E-state index in [0.29, 0.717) is 13.0 Å². The number of carbonyl (C=O) groups is 1. The maximum absolute atomic E-state index is 11.4. The maximum Gasteiger partial charge on any atom is 0.220 e. The maximum atomic E-state index is 11.4. The molecule has 0 radical (unpaired) electrons. The van der Waals surface area contributed by atoms with E-state index in [0.717, 1.165) is 32.1 Å². The van der Waals surface area contributed by atoms with Crippen molar-refractivity contribution in [3.63, 3.8) is 0 Å². The van der Waals surface area contributed by atoms with Crippen molar-refractivity contribution in [2.45, 2.75) is 71.1 Å². The zero-order valence-corrected chi connectivity index (χ0v) is 16.1. The van der Waals surface area contributed by atoms with Gasteiger partial charge in [-0.15, -0.1) is 6.58 Å². The smallest absolute Gasteiger partial charge is 0.220 e. The molecule has 2 heteroatoms. The predicted molar refractivity (Wildman–Crippen MR) is 112 cm³/mol. The summed E-state index contributed by atoms with van der Waals surface area (Å²) in [5.41, 5.74) is 0. The number of carbonyl (C=O) groups excluding carboxylic acids is 1. The van der Waals surface area contributed by atoms with Gasteiger partial charge in [0.2, 0.25) is 5.91 Å². The molecule has 0 heterocycles. The molecular weight excluding hydrogens is 306 g/mol. The first kappa shape index (κ1) is 23.2. The van der Waals surface area contributed by atoms with Gasteiger partial charge in [0.15, 0.2) is 0 Å². The Morgan fingerprint density at radius 2 is 1.32 bits per heavy atom. The van der Waals surface area contributed by atoms with Gasteiger partial charge in [-0.25, -0.2) is 0 Å². The van der Waals surface area contributed by atoms with E-state index in [2.05, 4.69) is 67.4 Å². The van der Waals surface area contributed by atoms with E-state index in [4.69, 9.17) is 0 Å². The van der Waals surface area contributed by atoms with Gasteiger partial charge in [-0.05, 0) is 44.9 Å². The molecule has 1 N–H and O–H groups in total. The summed E-state index contributed by atoms with van der Waals surface area (Å²) in [6.07, 6.45) is 30.0. The molecule has 2 nitrogen and oxygen atoms in total. The first-order valence-electron chi connectivity index (χ1n) is 9.78. The second-order valence-corrected chi connectivity index (χ2v) is 6.07. The lowest BCUT2D eigenvalue weighted by Gasteiger charge is -1.99. The van der Waals surface area contributed by atoms with Gasteiger partial charge in [0.1, 0.15) is 0 Å². The number of hydrogen-bond acceptors (Lipinski definition) is 1. The first-order chi connectivity index (χ1) is 12.3. The number of rotatable bonds is 16. The van der Waals surface area contributed by atoms with Crippen molar-refractivity contribution in [1.82, 2.24) is 5.32 Å². The summed E-state index contributed by atoms with van der Waals surface area (Å²) in [7, 11) is 0. The van der Waals surface area contributed by atoms with Gasteiger partial charge in [-0.1, -0.05) is 74.4 Å². The fourth-order valence-electron chi connectivity index (χ4n) is 2.22. The van der Waals surface area contributed by atoms with Crippen LogP contribution in [-0.4, -0.2) is 12.5 Å². The summed E-state index contributed by atoms with van der Waals surface area (Å²) in [6, 6.07) is 0. The van der Waals surface area contributed by atoms with Crippen LogP contribution in [0.25, 0.3) is 0 Å². The van der Waals surface area contributed by atoms with E-state index < -0.39 is 0 Å². The normalized spacial score (nSPS) is 12.0. The minimum Gasteiger partial charge on any atom is -0.353 e. The van der Waals surface area contributed by atoms with E-state index >= 15 is 0 Å². The topological polar surface area (TPSA) is 29.1 Å². The van der Waals surface area contributed by atoms with E-state index in [-0.39, 0.29) is 5.91 Å². The molecule has 0 aliphatic rings. The lowest BCUT2D eigenvalue weighted by Crippen LogP contribution is -2.22. The lowest BCUT2D eigenvalue weighted by atomic mass is 10.2. The standard InChI is InChI=1S/C23H37NO/c1-3-5-6-7-8-9-10-11-12-13-14-15-16-17-18-19-20-21-23(25)24-22-4-2/h4,8-9,11-12,14-15,17-18H,2-3,5-7,10,13,16,19-22H2,1H3,(H,24,25)/b9-8+,12-11+,15-14+,18-17+. The van der Waals surface area contributed by atoms with E-state index in [9.17, 15) is 4.79 Å². The first-order valence-corrected chi connectivity index (χ1v) is 9.78. The Morgan fingerprint density at radius 3 is 1.84 bits per heavy atom. The molecule has 0 saturated heterocycles. The summed E-state index contributed by atoms with van der Waals surface area (Å²) in [4.78, 5) is 11.4. The third-order valence-corrected chi connectivity index (χ3v) is 3.68. The molecule has 0 aromatic heterocycles. The van der Waals surface area contributed by atoms with Gasteiger partial charge in [0.05, 0.1) is 0 Å². The van der Waals surface area contributed by atoms with Crippen molar-refractivity contribution >= 4 is 5.91 Å². The second kappa shape index (κ2) is 20.2. The van der Waals surface area contributed by atoms with Crippen LogP contribution in [0, 0.1) is 0 Å². The molecule has 0 unspecified atom stereocenters. The summed E-state index contributed by atoms with van der Waals surface area (Å²) < 4.78 is 0. The highest BCUT2D eigenvalue weighted by Crippen LogP contribution is 2.01. The van der Waals surface area contributed by atoms with Gasteiger partial charge in [-0.2, -0.15) is 0 Å². The number of hydrogen-bond donors (Lipinski definition) is 1. The Kier molecular flexibility index (Phi) is 18.7. The average molecular weight is 344 g/mol. The van der Waals surface area contributed by atoms with Crippen molar-refractivity contribution in [3.8, 4) is 0 Å². The van der Waals surface area contributed by atoms with E-state index in [1.807, 2.05) is 0 Å². The van der Waals surface area contributed by atoms with Crippen molar-refractivity contribution in [1.29, 1.82) is 0 Å². The van der Waals surface area contributed by atoms with Crippen molar-refractivity contribution in [3.05, 3.63) is 61.3 Å².